The Kier molecular flexibility index (Phi) is 4.94. The second-order valence-corrected chi connectivity index (χ2v) is 2.08. The van der Waals surface area contributed by atoms with Crippen LogP contribution in [0.25, 0.3) is 0 Å². The first kappa shape index (κ1) is 9.43. The van der Waals surface area contributed by atoms with Crippen molar-refractivity contribution in [3.8, 4) is 0 Å². The molecule has 0 amide bonds. The molecule has 60 valence electrons. The molecule has 0 aromatic rings. The van der Waals surface area contributed by atoms with E-state index < -0.39 is 0 Å². The minimum absolute atomic E-state index is 0.127. The molecule has 0 aliphatic rings. The monoisotopic (exact) mass is 146 g/mol. The van der Waals surface area contributed by atoms with E-state index in [2.05, 4.69) is 0 Å². The van der Waals surface area contributed by atoms with Crippen molar-refractivity contribution in [1.82, 2.24) is 0 Å². The van der Waals surface area contributed by atoms with E-state index in [-0.39, 0.29) is 12.1 Å². The van der Waals surface area contributed by atoms with Crippen molar-refractivity contribution in [2.24, 2.45) is 0 Å². The third-order valence-corrected chi connectivity index (χ3v) is 0.924. The van der Waals surface area contributed by atoms with Gasteiger partial charge in [0.2, 0.25) is 0 Å². The molecular weight excluding hydrogens is 132 g/mol. The molecule has 0 aromatic heterocycles. The number of carbonyl (C=O) groups excluding carboxylic acids is 1. The van der Waals surface area contributed by atoms with Gasteiger partial charge >= 0.3 is 5.97 Å². The molecule has 0 N–H and O–H groups in total. The summed E-state index contributed by atoms with van der Waals surface area (Å²) < 4.78 is 9.81. The first-order chi connectivity index (χ1) is 4.66. The molecule has 0 spiro atoms. The van der Waals surface area contributed by atoms with Crippen LogP contribution in [-0.4, -0.2) is 25.3 Å². The molecule has 3 heteroatoms. The van der Waals surface area contributed by atoms with Gasteiger partial charge in [0.1, 0.15) is 6.10 Å². The topological polar surface area (TPSA) is 35.5 Å². The van der Waals surface area contributed by atoms with Crippen LogP contribution in [0.3, 0.4) is 0 Å². The highest BCUT2D eigenvalue weighted by atomic mass is 16.6. The number of hydrogen-bond acceptors (Lipinski definition) is 3. The Morgan fingerprint density at radius 1 is 1.60 bits per heavy atom. The molecule has 0 saturated heterocycles. The Morgan fingerprint density at radius 3 is 2.60 bits per heavy atom. The first-order valence-electron chi connectivity index (χ1n) is 3.41. The minimum atomic E-state index is -0.257. The van der Waals surface area contributed by atoms with Crippen LogP contribution in [0.4, 0.5) is 0 Å². The quantitative estimate of drug-likeness (QED) is 0.554. The van der Waals surface area contributed by atoms with Gasteiger partial charge in [0.25, 0.3) is 0 Å². The fourth-order valence-electron chi connectivity index (χ4n) is 0.601. The van der Waals surface area contributed by atoms with Gasteiger partial charge in [-0.05, 0) is 13.8 Å². The summed E-state index contributed by atoms with van der Waals surface area (Å²) in [6.07, 6.45) is -0.127. The minimum Gasteiger partial charge on any atom is -0.460 e. The number of hydrogen-bond donors (Lipinski definition) is 0. The molecule has 0 bridgehead atoms. The van der Waals surface area contributed by atoms with Crippen molar-refractivity contribution < 1.29 is 14.3 Å². The molecule has 10 heavy (non-hydrogen) atoms. The van der Waals surface area contributed by atoms with Gasteiger partial charge in [0.15, 0.2) is 0 Å². The third kappa shape index (κ3) is 5.56. The normalized spacial score (nSPS) is 12.7. The molecule has 0 unspecified atom stereocenters. The maximum atomic E-state index is 10.3. The molecule has 0 aliphatic heterocycles. The average Bonchev–Trinajstić information content (AvgIpc) is 1.82. The van der Waals surface area contributed by atoms with E-state index in [1.54, 1.807) is 6.92 Å². The van der Waals surface area contributed by atoms with Gasteiger partial charge in [0.05, 0.1) is 6.61 Å². The maximum Gasteiger partial charge on any atom is 0.302 e. The average molecular weight is 146 g/mol. The van der Waals surface area contributed by atoms with Gasteiger partial charge < -0.3 is 9.47 Å². The van der Waals surface area contributed by atoms with Crippen molar-refractivity contribution in [3.05, 3.63) is 0 Å². The summed E-state index contributed by atoms with van der Waals surface area (Å²) in [5.41, 5.74) is 0. The number of rotatable bonds is 4. The molecule has 0 aliphatic carbocycles. The SMILES string of the molecule is CCOC[C@H](C)OC(C)=O. The number of carbonyl (C=O) groups is 1. The van der Waals surface area contributed by atoms with E-state index in [1.165, 1.54) is 6.92 Å². The van der Waals surface area contributed by atoms with Crippen LogP contribution in [0.1, 0.15) is 20.8 Å². The molecule has 0 saturated carbocycles. The molecule has 0 rings (SSSR count). The maximum absolute atomic E-state index is 10.3. The molecule has 0 aromatic carbocycles. The van der Waals surface area contributed by atoms with Crippen molar-refractivity contribution >= 4 is 5.97 Å². The second-order valence-electron chi connectivity index (χ2n) is 2.08. The predicted molar refractivity (Wildman–Crippen MR) is 37.7 cm³/mol. The van der Waals surface area contributed by atoms with Crippen molar-refractivity contribution in [2.45, 2.75) is 26.9 Å². The van der Waals surface area contributed by atoms with E-state index in [0.29, 0.717) is 13.2 Å². The Bertz CT molecular complexity index is 101. The molecule has 3 nitrogen and oxygen atoms in total. The fourth-order valence-corrected chi connectivity index (χ4v) is 0.601. The summed E-state index contributed by atoms with van der Waals surface area (Å²) in [7, 11) is 0. The highest BCUT2D eigenvalue weighted by Gasteiger charge is 2.03. The van der Waals surface area contributed by atoms with E-state index in [0.717, 1.165) is 0 Å². The summed E-state index contributed by atoms with van der Waals surface area (Å²) in [4.78, 5) is 10.3. The van der Waals surface area contributed by atoms with Crippen LogP contribution in [0.5, 0.6) is 0 Å². The Hall–Kier alpha value is -0.570. The van der Waals surface area contributed by atoms with Crippen molar-refractivity contribution in [2.75, 3.05) is 13.2 Å². The van der Waals surface area contributed by atoms with Gasteiger partial charge in [-0.1, -0.05) is 0 Å². The third-order valence-electron chi connectivity index (χ3n) is 0.924. The summed E-state index contributed by atoms with van der Waals surface area (Å²) in [6, 6.07) is 0. The number of ether oxygens (including phenoxy) is 2. The largest absolute Gasteiger partial charge is 0.460 e. The lowest BCUT2D eigenvalue weighted by molar-refractivity contribution is -0.148. The van der Waals surface area contributed by atoms with Gasteiger partial charge in [-0.2, -0.15) is 0 Å². The molecule has 0 fully saturated rings. The van der Waals surface area contributed by atoms with Crippen molar-refractivity contribution in [1.29, 1.82) is 0 Å². The second kappa shape index (κ2) is 5.23. The highest BCUT2D eigenvalue weighted by molar-refractivity contribution is 5.66. The molecule has 0 heterocycles. The molecule has 0 radical (unpaired) electrons. The zero-order valence-corrected chi connectivity index (χ0v) is 6.72. The van der Waals surface area contributed by atoms with Gasteiger partial charge in [0, 0.05) is 13.5 Å². The summed E-state index contributed by atoms with van der Waals surface area (Å²) in [6.45, 7) is 6.24. The lowest BCUT2D eigenvalue weighted by Gasteiger charge is -2.10. The van der Waals surface area contributed by atoms with Crippen LogP contribution in [0.15, 0.2) is 0 Å². The van der Waals surface area contributed by atoms with Gasteiger partial charge in [-0.3, -0.25) is 4.79 Å². The highest BCUT2D eigenvalue weighted by Crippen LogP contribution is 1.91. The van der Waals surface area contributed by atoms with E-state index in [4.69, 9.17) is 9.47 Å². The van der Waals surface area contributed by atoms with Crippen LogP contribution >= 0.6 is 0 Å². The van der Waals surface area contributed by atoms with Crippen LogP contribution in [0, 0.1) is 0 Å². The lowest BCUT2D eigenvalue weighted by atomic mass is 10.4. The Balaban J connectivity index is 3.25. The Morgan fingerprint density at radius 2 is 2.20 bits per heavy atom. The predicted octanol–water partition coefficient (Wildman–Crippen LogP) is 0.974. The smallest absolute Gasteiger partial charge is 0.302 e. The van der Waals surface area contributed by atoms with Crippen LogP contribution in [0.2, 0.25) is 0 Å². The van der Waals surface area contributed by atoms with E-state index in [9.17, 15) is 4.79 Å². The van der Waals surface area contributed by atoms with E-state index in [1.807, 2.05) is 6.92 Å². The van der Waals surface area contributed by atoms with Gasteiger partial charge in [-0.15, -0.1) is 0 Å². The molecule has 1 atom stereocenters. The van der Waals surface area contributed by atoms with E-state index >= 15 is 0 Å². The van der Waals surface area contributed by atoms with Crippen LogP contribution in [-0.2, 0) is 14.3 Å². The van der Waals surface area contributed by atoms with Crippen molar-refractivity contribution in [3.63, 3.8) is 0 Å². The summed E-state index contributed by atoms with van der Waals surface area (Å²) >= 11 is 0. The van der Waals surface area contributed by atoms with Crippen LogP contribution < -0.4 is 0 Å². The number of esters is 1. The standard InChI is InChI=1S/C7H14O3/c1-4-9-5-6(2)10-7(3)8/h6H,4-5H2,1-3H3/t6-/m0/s1. The fraction of sp³-hybridized carbons (Fsp3) is 0.857. The Labute approximate surface area is 61.3 Å². The summed E-state index contributed by atoms with van der Waals surface area (Å²) in [5, 5.41) is 0. The summed E-state index contributed by atoms with van der Waals surface area (Å²) in [5.74, 6) is -0.257. The van der Waals surface area contributed by atoms with Gasteiger partial charge in [-0.25, -0.2) is 0 Å². The zero-order chi connectivity index (χ0) is 7.98. The molecular formula is C7H14O3. The lowest BCUT2D eigenvalue weighted by Crippen LogP contribution is -2.18. The zero-order valence-electron chi connectivity index (χ0n) is 6.72. The first-order valence-corrected chi connectivity index (χ1v) is 3.41.